The lowest BCUT2D eigenvalue weighted by Crippen LogP contribution is -2.53. The molecule has 9 rings (SSSR count). The number of ketones is 2. The van der Waals surface area contributed by atoms with Crippen LogP contribution in [-0.4, -0.2) is 134 Å². The summed E-state index contributed by atoms with van der Waals surface area (Å²) in [5, 5.41) is 36.5. The second kappa shape index (κ2) is 24.6. The Morgan fingerprint density at radius 2 is 0.988 bits per heavy atom. The lowest BCUT2D eigenvalue weighted by atomic mass is 10.1. The summed E-state index contributed by atoms with van der Waals surface area (Å²) in [5.41, 5.74) is -1.60. The highest BCUT2D eigenvalue weighted by Crippen LogP contribution is 2.44. The molecule has 2 fully saturated rings. The van der Waals surface area contributed by atoms with Crippen molar-refractivity contribution in [2.24, 2.45) is 10.2 Å². The quantitative estimate of drug-likeness (QED) is 0.0622. The number of β-amino-alcohol motifs (C(OH)–C–C–N with tert-alkyl or cyclic N) is 2. The summed E-state index contributed by atoms with van der Waals surface area (Å²) in [7, 11) is -6.71. The van der Waals surface area contributed by atoms with Crippen molar-refractivity contribution in [1.29, 1.82) is 0 Å². The molecule has 4 aliphatic heterocycles. The smallest absolute Gasteiger partial charge is 0.285 e. The number of aliphatic hydroxyl groups excluding tert-OH is 2. The van der Waals surface area contributed by atoms with Crippen LogP contribution in [0.2, 0.25) is 20.1 Å². The number of rotatable bonds is 16. The van der Waals surface area contributed by atoms with E-state index in [0.717, 1.165) is 38.4 Å². The third-order valence-corrected chi connectivity index (χ3v) is 16.5. The van der Waals surface area contributed by atoms with E-state index in [0.29, 0.717) is 15.8 Å². The first-order chi connectivity index (χ1) is 37.2. The standard InChI is InChI=1S/C28H23Cl2F2N3O8S.C20H15Cl2F2N3O7S.CH4/c1-41-18-4-2-15(3-5-18)14-42-23-7-6-19(10-24(23)44(39,40)34-12-17(36)13-34)43-27-20(29)8-16(9-21(27)30)35-25(38)11-22(37)26(33-35)28(31)32;21-12-3-9(27-17(31)6-15(30)18(25-27)20(23)24)4-13(22)19(12)34-11-1-2-14(29)16(5-11)35(32,33)26-7-10(28)8-26;/h2-10,17,28,36H,11-14H2,1H3;1-5,10,20,28-29H,6-8H2;1H4. The van der Waals surface area contributed by atoms with E-state index in [4.69, 9.17) is 65.4 Å². The van der Waals surface area contributed by atoms with E-state index in [-0.39, 0.29) is 105 Å². The molecular weight excluding hydrogens is 1190 g/mol. The van der Waals surface area contributed by atoms with Gasteiger partial charge in [0, 0.05) is 38.3 Å². The number of phenols is 1. The number of methoxy groups -OCH3 is 1. The van der Waals surface area contributed by atoms with Crippen molar-refractivity contribution in [2.45, 2.75) is 61.7 Å². The molecule has 0 aromatic heterocycles. The molecule has 2 amide bonds. The van der Waals surface area contributed by atoms with Crippen LogP contribution in [0.25, 0.3) is 0 Å². The molecule has 3 N–H and O–H groups in total. The van der Waals surface area contributed by atoms with Gasteiger partial charge in [0.2, 0.25) is 20.0 Å². The zero-order valence-corrected chi connectivity index (χ0v) is 44.8. The first kappa shape index (κ1) is 61.0. The Labute approximate surface area is 472 Å². The maximum absolute atomic E-state index is 13.4. The lowest BCUT2D eigenvalue weighted by molar-refractivity contribution is -0.126. The Morgan fingerprint density at radius 1 is 0.600 bits per heavy atom. The molecule has 0 radical (unpaired) electrons. The van der Waals surface area contributed by atoms with Gasteiger partial charge >= 0.3 is 0 Å². The van der Waals surface area contributed by atoms with E-state index in [1.165, 1.54) is 43.5 Å². The number of phenolic OH excluding ortho intramolecular Hbond substituents is 1. The molecule has 0 atom stereocenters. The van der Waals surface area contributed by atoms with E-state index in [1.807, 2.05) is 0 Å². The van der Waals surface area contributed by atoms with Crippen molar-refractivity contribution in [3.8, 4) is 40.2 Å². The van der Waals surface area contributed by atoms with Crippen molar-refractivity contribution in [3.05, 3.63) is 111 Å². The Kier molecular flexibility index (Phi) is 18.7. The third kappa shape index (κ3) is 13.1. The van der Waals surface area contributed by atoms with E-state index < -0.39 is 103 Å². The molecule has 2 saturated heterocycles. The van der Waals surface area contributed by atoms with Gasteiger partial charge in [-0.2, -0.15) is 28.8 Å². The van der Waals surface area contributed by atoms with Crippen molar-refractivity contribution in [2.75, 3.05) is 43.3 Å². The van der Waals surface area contributed by atoms with E-state index >= 15 is 0 Å². The SMILES string of the molecule is C.COc1ccc(COc2ccc(Oc3c(Cl)cc(N4N=C(C(F)F)C(=O)CC4=O)cc3Cl)cc2S(=O)(=O)N2CC(O)C2)cc1.O=C1CC(=O)N(c2cc(Cl)c(Oc3ccc(O)c(S(=O)(=O)N4CC(O)C4)c3)c(Cl)c2)N=C1C(F)F. The monoisotopic (exact) mass is 1230 g/mol. The summed E-state index contributed by atoms with van der Waals surface area (Å²) in [4.78, 5) is 47.2. The number of hydrazone groups is 2. The van der Waals surface area contributed by atoms with Crippen molar-refractivity contribution in [1.82, 2.24) is 8.61 Å². The minimum Gasteiger partial charge on any atom is -0.507 e. The highest BCUT2D eigenvalue weighted by molar-refractivity contribution is 7.89. The molecular formula is C49H42Cl4F4N6O15S2. The highest BCUT2D eigenvalue weighted by Gasteiger charge is 2.40. The number of nitrogens with zero attached hydrogens (tertiary/aromatic N) is 6. The molecule has 5 aromatic rings. The molecule has 5 aromatic carbocycles. The average Bonchev–Trinajstić information content (AvgIpc) is 3.36. The van der Waals surface area contributed by atoms with Gasteiger partial charge < -0.3 is 34.3 Å². The maximum atomic E-state index is 13.4. The highest BCUT2D eigenvalue weighted by atomic mass is 35.5. The van der Waals surface area contributed by atoms with Gasteiger partial charge in [-0.25, -0.2) is 34.4 Å². The number of aliphatic hydroxyl groups is 2. The second-order valence-electron chi connectivity index (χ2n) is 17.2. The van der Waals surface area contributed by atoms with Gasteiger partial charge in [0.1, 0.15) is 45.1 Å². The molecule has 4 aliphatic rings. The van der Waals surface area contributed by atoms with Crippen LogP contribution in [0, 0.1) is 0 Å². The number of alkyl halides is 4. The summed E-state index contributed by atoms with van der Waals surface area (Å²) in [6.45, 7) is -0.405. The molecule has 0 aliphatic carbocycles. The van der Waals surface area contributed by atoms with E-state index in [1.54, 1.807) is 24.3 Å². The Bertz CT molecular complexity index is 3530. The van der Waals surface area contributed by atoms with Crippen LogP contribution in [0.5, 0.6) is 40.2 Å². The van der Waals surface area contributed by atoms with Crippen LogP contribution >= 0.6 is 46.4 Å². The number of ether oxygens (including phenoxy) is 4. The minimum absolute atomic E-state index is 0. The number of amides is 2. The Hall–Kier alpha value is -6.66. The predicted molar refractivity (Wildman–Crippen MR) is 282 cm³/mol. The molecule has 0 spiro atoms. The number of carbonyl (C=O) groups excluding carboxylic acids is 4. The van der Waals surface area contributed by atoms with Crippen LogP contribution in [0.15, 0.2) is 105 Å². The molecule has 31 heteroatoms. The summed E-state index contributed by atoms with van der Waals surface area (Å²) >= 11 is 25.2. The van der Waals surface area contributed by atoms with Gasteiger partial charge in [0.25, 0.3) is 24.7 Å². The minimum atomic E-state index is -4.13. The summed E-state index contributed by atoms with van der Waals surface area (Å²) in [5.74, 6) is -4.17. The van der Waals surface area contributed by atoms with Crippen LogP contribution in [-0.2, 0) is 45.8 Å². The first-order valence-electron chi connectivity index (χ1n) is 22.6. The third-order valence-electron chi connectivity index (χ3n) is 11.7. The second-order valence-corrected chi connectivity index (χ2v) is 22.6. The largest absolute Gasteiger partial charge is 0.507 e. The number of aromatic hydroxyl groups is 1. The maximum Gasteiger partial charge on any atom is 0.285 e. The fourth-order valence-electron chi connectivity index (χ4n) is 7.57. The normalized spacial score (nSPS) is 16.6. The Morgan fingerprint density at radius 3 is 1.39 bits per heavy atom. The van der Waals surface area contributed by atoms with Crippen LogP contribution in [0.1, 0.15) is 25.8 Å². The van der Waals surface area contributed by atoms with Gasteiger partial charge in [-0.1, -0.05) is 66.0 Å². The number of halogens is 8. The molecule has 80 heavy (non-hydrogen) atoms. The van der Waals surface area contributed by atoms with Crippen LogP contribution in [0.3, 0.4) is 0 Å². The number of hydrogen-bond acceptors (Lipinski definition) is 17. The number of hydrogen-bond donors (Lipinski definition) is 3. The van der Waals surface area contributed by atoms with Gasteiger partial charge in [0.15, 0.2) is 34.5 Å². The fourth-order valence-corrected chi connectivity index (χ4v) is 11.9. The first-order valence-corrected chi connectivity index (χ1v) is 27.0. The summed E-state index contributed by atoms with van der Waals surface area (Å²) < 4.78 is 129. The number of anilines is 2. The molecule has 426 valence electrons. The molecule has 4 heterocycles. The molecule has 0 saturated carbocycles. The average molecular weight is 1240 g/mol. The number of benzene rings is 5. The molecule has 21 nitrogen and oxygen atoms in total. The van der Waals surface area contributed by atoms with Gasteiger partial charge in [-0.05, 0) is 66.2 Å². The van der Waals surface area contributed by atoms with Gasteiger partial charge in [-0.15, -0.1) is 0 Å². The topological polar surface area (TPSA) is 272 Å². The van der Waals surface area contributed by atoms with Crippen LogP contribution in [0.4, 0.5) is 28.9 Å². The van der Waals surface area contributed by atoms with Crippen molar-refractivity contribution >= 4 is 113 Å². The molecule has 0 bridgehead atoms. The zero-order valence-electron chi connectivity index (χ0n) is 40.1. The van der Waals surface area contributed by atoms with E-state index in [9.17, 15) is 68.9 Å². The number of Topliss-reactive ketones (excluding diaryl/α,β-unsaturated/α-hetero) is 2. The predicted octanol–water partition coefficient (Wildman–Crippen LogP) is 8.08. The fraction of sp³-hybridized carbons (Fsp3) is 0.265. The van der Waals surface area contributed by atoms with E-state index in [2.05, 4.69) is 10.2 Å². The van der Waals surface area contributed by atoms with Gasteiger partial charge in [0.05, 0.1) is 63.6 Å². The zero-order chi connectivity index (χ0) is 57.4. The number of carbonyl (C=O) groups is 4. The summed E-state index contributed by atoms with van der Waals surface area (Å²) in [6, 6.07) is 19.0. The van der Waals surface area contributed by atoms with Crippen molar-refractivity contribution in [3.63, 3.8) is 0 Å². The molecule has 0 unspecified atom stereocenters. The summed E-state index contributed by atoms with van der Waals surface area (Å²) in [6.07, 6.45) is -9.60. The van der Waals surface area contributed by atoms with Crippen molar-refractivity contribution < 1.29 is 87.8 Å². The van der Waals surface area contributed by atoms with Gasteiger partial charge in [-0.3, -0.25) is 19.2 Å². The number of sulfonamides is 2. The Balaban J connectivity index is 0.000000234. The van der Waals surface area contributed by atoms with Crippen LogP contribution < -0.4 is 29.0 Å². The lowest BCUT2D eigenvalue weighted by Gasteiger charge is -2.35.